The topological polar surface area (TPSA) is 34.4 Å². The van der Waals surface area contributed by atoms with Gasteiger partial charge in [0.05, 0.1) is 0 Å². The van der Waals surface area contributed by atoms with Crippen LogP contribution in [0.5, 0.6) is 0 Å². The highest BCUT2D eigenvalue weighted by molar-refractivity contribution is 5.85. The van der Waals surface area contributed by atoms with E-state index in [2.05, 4.69) is 15.8 Å². The van der Waals surface area contributed by atoms with E-state index >= 15 is 0 Å². The molecule has 3 nitrogen and oxygen atoms in total. The van der Waals surface area contributed by atoms with E-state index in [1.165, 1.54) is 0 Å². The van der Waals surface area contributed by atoms with Crippen molar-refractivity contribution in [2.75, 3.05) is 0 Å². The first-order chi connectivity index (χ1) is 6.75. The third-order valence-electron chi connectivity index (χ3n) is 2.75. The summed E-state index contributed by atoms with van der Waals surface area (Å²) in [7, 11) is 2.01. The van der Waals surface area contributed by atoms with E-state index in [9.17, 15) is 4.91 Å². The Bertz CT molecular complexity index is 485. The molecule has 1 aromatic heterocycles. The Morgan fingerprint density at radius 1 is 1.36 bits per heavy atom. The Labute approximate surface area is 82.3 Å². The number of para-hydroxylation sites is 1. The summed E-state index contributed by atoms with van der Waals surface area (Å²) in [6.07, 6.45) is 0. The lowest BCUT2D eigenvalue weighted by Crippen LogP contribution is -1.91. The van der Waals surface area contributed by atoms with Gasteiger partial charge < -0.3 is 4.57 Å². The van der Waals surface area contributed by atoms with Crippen LogP contribution in [0.1, 0.15) is 11.3 Å². The van der Waals surface area contributed by atoms with Crippen LogP contribution in [0, 0.1) is 11.8 Å². The molecule has 0 aliphatic carbocycles. The molecule has 3 heteroatoms. The number of benzene rings is 1. The summed E-state index contributed by atoms with van der Waals surface area (Å²) in [5, 5.41) is 4.10. The number of fused-ring (bicyclic) bond motifs is 1. The van der Waals surface area contributed by atoms with Crippen LogP contribution >= 0.6 is 0 Å². The first-order valence-corrected chi connectivity index (χ1v) is 4.57. The van der Waals surface area contributed by atoms with Crippen molar-refractivity contribution in [2.24, 2.45) is 12.2 Å². The smallest absolute Gasteiger partial charge is 0.108 e. The molecule has 2 aromatic rings. The zero-order chi connectivity index (χ0) is 10.1. The Balaban J connectivity index is 2.80. The quantitative estimate of drug-likeness (QED) is 0.667. The number of aromatic nitrogens is 1. The molecule has 0 fully saturated rings. The molecule has 2 rings (SSSR count). The predicted octanol–water partition coefficient (Wildman–Crippen LogP) is 2.75. The van der Waals surface area contributed by atoms with Gasteiger partial charge in [-0.15, -0.1) is 0 Å². The number of rotatable bonds is 2. The van der Waals surface area contributed by atoms with Crippen LogP contribution in [0.2, 0.25) is 0 Å². The Hall–Kier alpha value is -1.64. The highest BCUT2D eigenvalue weighted by atomic mass is 16.3. The lowest BCUT2D eigenvalue weighted by molar-refractivity contribution is 0.893. The molecule has 1 aromatic carbocycles. The van der Waals surface area contributed by atoms with Crippen LogP contribution in [-0.2, 0) is 13.6 Å². The second kappa shape index (κ2) is 3.25. The minimum Gasteiger partial charge on any atom is -0.348 e. The minimum absolute atomic E-state index is 0.257. The van der Waals surface area contributed by atoms with Crippen molar-refractivity contribution < 1.29 is 0 Å². The van der Waals surface area contributed by atoms with Gasteiger partial charge in [-0.05, 0) is 13.0 Å². The van der Waals surface area contributed by atoms with Crippen LogP contribution in [0.3, 0.4) is 0 Å². The molecule has 0 unspecified atom stereocenters. The predicted molar refractivity (Wildman–Crippen MR) is 57.2 cm³/mol. The van der Waals surface area contributed by atoms with Gasteiger partial charge in [-0.25, -0.2) is 0 Å². The SMILES string of the molecule is Cc1c(CN=O)c2ccccc2n1C. The van der Waals surface area contributed by atoms with Gasteiger partial charge in [-0.1, -0.05) is 23.4 Å². The number of nitroso groups, excluding NO2 is 1. The van der Waals surface area contributed by atoms with E-state index < -0.39 is 0 Å². The molecule has 0 bridgehead atoms. The fourth-order valence-corrected chi connectivity index (χ4v) is 1.86. The van der Waals surface area contributed by atoms with Gasteiger partial charge in [0, 0.05) is 29.2 Å². The van der Waals surface area contributed by atoms with Gasteiger partial charge in [0.15, 0.2) is 0 Å². The molecule has 72 valence electrons. The van der Waals surface area contributed by atoms with Crippen molar-refractivity contribution in [3.8, 4) is 0 Å². The number of nitrogens with zero attached hydrogens (tertiary/aromatic N) is 2. The lowest BCUT2D eigenvalue weighted by Gasteiger charge is -1.97. The molecule has 1 heterocycles. The second-order valence-electron chi connectivity index (χ2n) is 3.43. The van der Waals surface area contributed by atoms with Crippen molar-refractivity contribution in [2.45, 2.75) is 13.5 Å². The Morgan fingerprint density at radius 2 is 2.07 bits per heavy atom. The third kappa shape index (κ3) is 1.13. The fraction of sp³-hybridized carbons (Fsp3) is 0.273. The Kier molecular flexibility index (Phi) is 2.08. The maximum atomic E-state index is 10.3. The number of hydrogen-bond donors (Lipinski definition) is 0. The molecule has 0 atom stereocenters. The van der Waals surface area contributed by atoms with E-state index in [1.807, 2.05) is 32.2 Å². The van der Waals surface area contributed by atoms with Crippen molar-refractivity contribution in [1.29, 1.82) is 0 Å². The van der Waals surface area contributed by atoms with Crippen LogP contribution < -0.4 is 0 Å². The summed E-state index contributed by atoms with van der Waals surface area (Å²) in [6, 6.07) is 8.06. The minimum atomic E-state index is 0.257. The third-order valence-corrected chi connectivity index (χ3v) is 2.75. The zero-order valence-corrected chi connectivity index (χ0v) is 8.32. The molecular formula is C11H12N2O. The molecule has 0 spiro atoms. The molecular weight excluding hydrogens is 176 g/mol. The van der Waals surface area contributed by atoms with Crippen LogP contribution in [-0.4, -0.2) is 4.57 Å². The average Bonchev–Trinajstić information content (AvgIpc) is 2.45. The zero-order valence-electron chi connectivity index (χ0n) is 8.32. The molecule has 0 N–H and O–H groups in total. The summed E-state index contributed by atoms with van der Waals surface area (Å²) in [5.74, 6) is 0. The van der Waals surface area contributed by atoms with Gasteiger partial charge in [0.1, 0.15) is 6.54 Å². The molecule has 14 heavy (non-hydrogen) atoms. The van der Waals surface area contributed by atoms with Crippen molar-refractivity contribution in [3.63, 3.8) is 0 Å². The highest BCUT2D eigenvalue weighted by Crippen LogP contribution is 2.24. The normalized spacial score (nSPS) is 10.7. The average molecular weight is 188 g/mol. The van der Waals surface area contributed by atoms with Gasteiger partial charge >= 0.3 is 0 Å². The number of hydrogen-bond acceptors (Lipinski definition) is 2. The van der Waals surface area contributed by atoms with E-state index in [0.717, 1.165) is 22.2 Å². The maximum absolute atomic E-state index is 10.3. The van der Waals surface area contributed by atoms with Gasteiger partial charge in [-0.2, -0.15) is 4.91 Å². The molecule has 0 radical (unpaired) electrons. The van der Waals surface area contributed by atoms with Gasteiger partial charge in [0.25, 0.3) is 0 Å². The summed E-state index contributed by atoms with van der Waals surface area (Å²) in [5.41, 5.74) is 3.31. The van der Waals surface area contributed by atoms with Crippen molar-refractivity contribution >= 4 is 10.9 Å². The van der Waals surface area contributed by atoms with Crippen LogP contribution in [0.15, 0.2) is 29.4 Å². The molecule has 0 saturated heterocycles. The molecule has 0 amide bonds. The maximum Gasteiger partial charge on any atom is 0.108 e. The van der Waals surface area contributed by atoms with Crippen LogP contribution in [0.4, 0.5) is 0 Å². The van der Waals surface area contributed by atoms with Gasteiger partial charge in [0.2, 0.25) is 0 Å². The van der Waals surface area contributed by atoms with Crippen molar-refractivity contribution in [3.05, 3.63) is 40.4 Å². The van der Waals surface area contributed by atoms with Gasteiger partial charge in [-0.3, -0.25) is 0 Å². The Morgan fingerprint density at radius 3 is 2.79 bits per heavy atom. The summed E-state index contributed by atoms with van der Waals surface area (Å²) < 4.78 is 2.09. The summed E-state index contributed by atoms with van der Waals surface area (Å²) >= 11 is 0. The van der Waals surface area contributed by atoms with E-state index in [-0.39, 0.29) is 6.54 Å². The fourth-order valence-electron chi connectivity index (χ4n) is 1.86. The van der Waals surface area contributed by atoms with Crippen LogP contribution in [0.25, 0.3) is 10.9 Å². The first kappa shape index (κ1) is 8.94. The highest BCUT2D eigenvalue weighted by Gasteiger charge is 2.10. The van der Waals surface area contributed by atoms with E-state index in [0.29, 0.717) is 0 Å². The monoisotopic (exact) mass is 188 g/mol. The van der Waals surface area contributed by atoms with Crippen molar-refractivity contribution in [1.82, 2.24) is 4.57 Å². The van der Waals surface area contributed by atoms with E-state index in [1.54, 1.807) is 0 Å². The number of aryl methyl sites for hydroxylation is 1. The second-order valence-corrected chi connectivity index (χ2v) is 3.43. The molecule has 0 aliphatic heterocycles. The summed E-state index contributed by atoms with van der Waals surface area (Å²) in [4.78, 5) is 10.3. The standard InChI is InChI=1S/C11H12N2O/c1-8-10(7-12-14)9-5-3-4-6-11(9)13(8)2/h3-6H,7H2,1-2H3. The molecule has 0 saturated carbocycles. The molecule has 0 aliphatic rings. The summed E-state index contributed by atoms with van der Waals surface area (Å²) in [6.45, 7) is 2.27. The first-order valence-electron chi connectivity index (χ1n) is 4.57. The largest absolute Gasteiger partial charge is 0.348 e. The lowest BCUT2D eigenvalue weighted by atomic mass is 10.1. The van der Waals surface area contributed by atoms with E-state index in [4.69, 9.17) is 0 Å².